The first-order valence-corrected chi connectivity index (χ1v) is 6.65. The molecule has 0 heterocycles. The van der Waals surface area contributed by atoms with Crippen LogP contribution in [0.1, 0.15) is 33.3 Å². The first-order valence-electron chi connectivity index (χ1n) is 6.65. The molecule has 1 unspecified atom stereocenters. The number of carbonyl (C=O) groups is 1. The summed E-state index contributed by atoms with van der Waals surface area (Å²) in [4.78, 5) is 11.7. The highest BCUT2D eigenvalue weighted by Gasteiger charge is 2.11. The molecule has 0 saturated carbocycles. The Balaban J connectivity index is 2.48. The molecule has 1 rings (SSSR count). The van der Waals surface area contributed by atoms with E-state index in [1.54, 1.807) is 31.2 Å². The van der Waals surface area contributed by atoms with Crippen LogP contribution in [-0.4, -0.2) is 29.5 Å². The topological polar surface area (TPSA) is 70.9 Å². The number of rotatable bonds is 6. The first-order chi connectivity index (χ1) is 9.43. The normalized spacial score (nSPS) is 13.2. The minimum Gasteiger partial charge on any atom is -0.484 e. The smallest absolute Gasteiger partial charge is 0.258 e. The molecule has 0 aliphatic rings. The van der Waals surface area contributed by atoms with E-state index in [0.29, 0.717) is 17.4 Å². The van der Waals surface area contributed by atoms with Crippen molar-refractivity contribution in [1.82, 2.24) is 5.32 Å². The van der Waals surface area contributed by atoms with Gasteiger partial charge >= 0.3 is 0 Å². The van der Waals surface area contributed by atoms with Gasteiger partial charge in [0.2, 0.25) is 0 Å². The van der Waals surface area contributed by atoms with Gasteiger partial charge in [0.05, 0.1) is 5.71 Å². The van der Waals surface area contributed by atoms with Crippen molar-refractivity contribution in [3.05, 3.63) is 29.8 Å². The van der Waals surface area contributed by atoms with E-state index in [0.717, 1.165) is 5.56 Å². The maximum absolute atomic E-state index is 11.7. The van der Waals surface area contributed by atoms with Crippen molar-refractivity contribution in [3.63, 3.8) is 0 Å². The van der Waals surface area contributed by atoms with E-state index < -0.39 is 0 Å². The Kier molecular flexibility index (Phi) is 6.03. The molecule has 1 atom stereocenters. The fraction of sp³-hybridized carbons (Fsp3) is 0.467. The molecule has 1 aromatic carbocycles. The Labute approximate surface area is 119 Å². The van der Waals surface area contributed by atoms with Gasteiger partial charge in [0.15, 0.2) is 6.61 Å². The SMILES string of the molecule is CC(=NO)c1ccc(OCC(=O)NC(C)C(C)C)cc1. The fourth-order valence-electron chi connectivity index (χ4n) is 1.46. The Bertz CT molecular complexity index is 467. The summed E-state index contributed by atoms with van der Waals surface area (Å²) >= 11 is 0. The van der Waals surface area contributed by atoms with Gasteiger partial charge in [0.1, 0.15) is 5.75 Å². The Hall–Kier alpha value is -2.04. The third-order valence-electron chi connectivity index (χ3n) is 3.18. The maximum atomic E-state index is 11.7. The molecule has 0 spiro atoms. The monoisotopic (exact) mass is 278 g/mol. The van der Waals surface area contributed by atoms with Gasteiger partial charge in [0, 0.05) is 6.04 Å². The van der Waals surface area contributed by atoms with Crippen LogP contribution in [-0.2, 0) is 4.79 Å². The van der Waals surface area contributed by atoms with Gasteiger partial charge in [0.25, 0.3) is 5.91 Å². The van der Waals surface area contributed by atoms with Gasteiger partial charge in [-0.15, -0.1) is 0 Å². The number of hydrogen-bond donors (Lipinski definition) is 2. The summed E-state index contributed by atoms with van der Waals surface area (Å²) in [6, 6.07) is 7.15. The first kappa shape index (κ1) is 16.0. The predicted octanol–water partition coefficient (Wildman–Crippen LogP) is 2.42. The van der Waals surface area contributed by atoms with Crippen LogP contribution >= 0.6 is 0 Å². The summed E-state index contributed by atoms with van der Waals surface area (Å²) in [6.07, 6.45) is 0. The fourth-order valence-corrected chi connectivity index (χ4v) is 1.46. The Morgan fingerprint density at radius 2 is 1.90 bits per heavy atom. The van der Waals surface area contributed by atoms with E-state index in [1.165, 1.54) is 0 Å². The summed E-state index contributed by atoms with van der Waals surface area (Å²) in [7, 11) is 0. The van der Waals surface area contributed by atoms with Crippen molar-refractivity contribution in [1.29, 1.82) is 0 Å². The van der Waals surface area contributed by atoms with E-state index in [4.69, 9.17) is 9.94 Å². The van der Waals surface area contributed by atoms with Gasteiger partial charge in [-0.05, 0) is 49.6 Å². The largest absolute Gasteiger partial charge is 0.484 e. The summed E-state index contributed by atoms with van der Waals surface area (Å²) in [5, 5.41) is 14.7. The van der Waals surface area contributed by atoms with Crippen molar-refractivity contribution >= 4 is 11.6 Å². The lowest BCUT2D eigenvalue weighted by Crippen LogP contribution is -2.38. The highest BCUT2D eigenvalue weighted by Crippen LogP contribution is 2.12. The van der Waals surface area contributed by atoms with E-state index in [-0.39, 0.29) is 18.6 Å². The predicted molar refractivity (Wildman–Crippen MR) is 78.4 cm³/mol. The number of benzene rings is 1. The third kappa shape index (κ3) is 4.91. The molecule has 1 aromatic rings. The quantitative estimate of drug-likeness (QED) is 0.477. The van der Waals surface area contributed by atoms with Crippen molar-refractivity contribution in [2.24, 2.45) is 11.1 Å². The number of hydrogen-bond acceptors (Lipinski definition) is 4. The van der Waals surface area contributed by atoms with E-state index >= 15 is 0 Å². The van der Waals surface area contributed by atoms with Crippen molar-refractivity contribution in [3.8, 4) is 5.75 Å². The lowest BCUT2D eigenvalue weighted by Gasteiger charge is -2.17. The molecule has 0 aliphatic carbocycles. The number of nitrogens with one attached hydrogen (secondary N) is 1. The van der Waals surface area contributed by atoms with Gasteiger partial charge in [-0.25, -0.2) is 0 Å². The number of nitrogens with zero attached hydrogens (tertiary/aromatic N) is 1. The second-order valence-corrected chi connectivity index (χ2v) is 5.10. The number of amides is 1. The highest BCUT2D eigenvalue weighted by molar-refractivity contribution is 5.98. The van der Waals surface area contributed by atoms with Crippen LogP contribution in [0.4, 0.5) is 0 Å². The van der Waals surface area contributed by atoms with Crippen LogP contribution in [0.25, 0.3) is 0 Å². The van der Waals surface area contributed by atoms with E-state index in [2.05, 4.69) is 24.3 Å². The minimum absolute atomic E-state index is 0.0104. The van der Waals surface area contributed by atoms with Crippen LogP contribution in [0.5, 0.6) is 5.75 Å². The van der Waals surface area contributed by atoms with Crippen molar-refractivity contribution < 1.29 is 14.7 Å². The average molecular weight is 278 g/mol. The standard InChI is InChI=1S/C15H22N2O3/c1-10(2)11(3)16-15(18)9-20-14-7-5-13(6-8-14)12(4)17-19/h5-8,10-11,19H,9H2,1-4H3,(H,16,18). The van der Waals surface area contributed by atoms with E-state index in [1.807, 2.05) is 6.92 Å². The molecule has 5 nitrogen and oxygen atoms in total. The third-order valence-corrected chi connectivity index (χ3v) is 3.18. The molecule has 0 bridgehead atoms. The van der Waals surface area contributed by atoms with Crippen LogP contribution < -0.4 is 10.1 Å². The number of oxime groups is 1. The maximum Gasteiger partial charge on any atom is 0.258 e. The second kappa shape index (κ2) is 7.53. The summed E-state index contributed by atoms with van der Waals surface area (Å²) in [6.45, 7) is 7.76. The Morgan fingerprint density at radius 1 is 1.30 bits per heavy atom. The minimum atomic E-state index is -0.136. The van der Waals surface area contributed by atoms with Crippen molar-refractivity contribution in [2.75, 3.05) is 6.61 Å². The molecule has 5 heteroatoms. The second-order valence-electron chi connectivity index (χ2n) is 5.10. The molecular formula is C15H22N2O3. The van der Waals surface area contributed by atoms with Gasteiger partial charge in [-0.1, -0.05) is 19.0 Å². The van der Waals surface area contributed by atoms with Gasteiger partial charge in [-0.2, -0.15) is 0 Å². The zero-order chi connectivity index (χ0) is 15.1. The molecule has 110 valence electrons. The van der Waals surface area contributed by atoms with Gasteiger partial charge < -0.3 is 15.3 Å². The molecule has 0 saturated heterocycles. The molecule has 2 N–H and O–H groups in total. The summed E-state index contributed by atoms with van der Waals surface area (Å²) in [5.74, 6) is 0.856. The lowest BCUT2D eigenvalue weighted by atomic mass is 10.1. The Morgan fingerprint density at radius 3 is 2.40 bits per heavy atom. The van der Waals surface area contributed by atoms with E-state index in [9.17, 15) is 4.79 Å². The molecule has 0 aliphatic heterocycles. The highest BCUT2D eigenvalue weighted by atomic mass is 16.5. The van der Waals surface area contributed by atoms with Crippen LogP contribution in [0.2, 0.25) is 0 Å². The van der Waals surface area contributed by atoms with Crippen LogP contribution in [0.3, 0.4) is 0 Å². The zero-order valence-electron chi connectivity index (χ0n) is 12.4. The lowest BCUT2D eigenvalue weighted by molar-refractivity contribution is -0.124. The molecule has 0 fully saturated rings. The van der Waals surface area contributed by atoms with Gasteiger partial charge in [-0.3, -0.25) is 4.79 Å². The number of carbonyl (C=O) groups excluding carboxylic acids is 1. The molecule has 0 aromatic heterocycles. The van der Waals surface area contributed by atoms with Crippen LogP contribution in [0, 0.1) is 5.92 Å². The van der Waals surface area contributed by atoms with Crippen molar-refractivity contribution in [2.45, 2.75) is 33.7 Å². The average Bonchev–Trinajstić information content (AvgIpc) is 2.44. The summed E-state index contributed by atoms with van der Waals surface area (Å²) in [5.41, 5.74) is 1.33. The molecule has 0 radical (unpaired) electrons. The molecule has 20 heavy (non-hydrogen) atoms. The molecule has 1 amide bonds. The summed E-state index contributed by atoms with van der Waals surface area (Å²) < 4.78 is 5.40. The number of ether oxygens (including phenoxy) is 1. The molecular weight excluding hydrogens is 256 g/mol. The zero-order valence-corrected chi connectivity index (χ0v) is 12.4. The van der Waals surface area contributed by atoms with Crippen LogP contribution in [0.15, 0.2) is 29.4 Å².